The lowest BCUT2D eigenvalue weighted by molar-refractivity contribution is 0.415. The Morgan fingerprint density at radius 1 is 0.750 bits per heavy atom. The van der Waals surface area contributed by atoms with Crippen LogP contribution in [-0.4, -0.2) is 24.3 Å². The average molecular weight is 595 g/mol. The summed E-state index contributed by atoms with van der Waals surface area (Å²) in [7, 11) is 2.39. The molecule has 44 heavy (non-hydrogen) atoms. The molecule has 2 aliphatic rings. The highest BCUT2D eigenvalue weighted by atomic mass is 28.3. The van der Waals surface area contributed by atoms with Crippen LogP contribution in [0.5, 0.6) is 5.75 Å². The highest BCUT2D eigenvalue weighted by Crippen LogP contribution is 2.46. The molecule has 0 aliphatic heterocycles. The Bertz CT molecular complexity index is 2110. The van der Waals surface area contributed by atoms with Crippen LogP contribution in [0.3, 0.4) is 0 Å². The number of nitrogens with zero attached hydrogens (tertiary/aromatic N) is 2. The zero-order valence-electron chi connectivity index (χ0n) is 26.9. The van der Waals surface area contributed by atoms with Crippen molar-refractivity contribution in [2.75, 3.05) is 7.11 Å². The first-order valence-corrected chi connectivity index (χ1v) is 19.5. The SMILES string of the molecule is COc1ccc2c(c1)c1c(n2C[Si](C)(C)CCC(C)(C)c2ccc3c(c2)c2c(n3C)Cc3ccccc3-2)Cc2ccccc2-1. The molecule has 4 heteroatoms. The van der Waals surface area contributed by atoms with Crippen LogP contribution in [0.2, 0.25) is 19.1 Å². The van der Waals surface area contributed by atoms with Gasteiger partial charge < -0.3 is 13.9 Å². The first kappa shape index (κ1) is 27.5. The molecule has 0 N–H and O–H groups in total. The maximum Gasteiger partial charge on any atom is 0.119 e. The van der Waals surface area contributed by atoms with E-state index in [-0.39, 0.29) is 5.41 Å². The lowest BCUT2D eigenvalue weighted by Gasteiger charge is -2.31. The van der Waals surface area contributed by atoms with Crippen LogP contribution in [0.15, 0.2) is 84.9 Å². The maximum absolute atomic E-state index is 5.67. The van der Waals surface area contributed by atoms with Crippen LogP contribution >= 0.6 is 0 Å². The van der Waals surface area contributed by atoms with Crippen molar-refractivity contribution in [2.45, 2.75) is 63.8 Å². The second-order valence-electron chi connectivity index (χ2n) is 14.6. The first-order chi connectivity index (χ1) is 21.1. The Balaban J connectivity index is 1.10. The summed E-state index contributed by atoms with van der Waals surface area (Å²) >= 11 is 0. The summed E-state index contributed by atoms with van der Waals surface area (Å²) in [5.74, 6) is 0.935. The molecule has 0 saturated carbocycles. The molecule has 2 heterocycles. The van der Waals surface area contributed by atoms with E-state index < -0.39 is 8.07 Å². The Morgan fingerprint density at radius 3 is 2.07 bits per heavy atom. The Hall–Kier alpha value is -4.02. The lowest BCUT2D eigenvalue weighted by Crippen LogP contribution is -2.35. The predicted octanol–water partition coefficient (Wildman–Crippen LogP) is 9.90. The van der Waals surface area contributed by atoms with Crippen molar-refractivity contribution in [3.8, 4) is 28.0 Å². The number of aryl methyl sites for hydroxylation is 1. The van der Waals surface area contributed by atoms with Crippen LogP contribution in [0, 0.1) is 0 Å². The summed E-state index contributed by atoms with van der Waals surface area (Å²) in [5.41, 5.74) is 15.8. The smallest absolute Gasteiger partial charge is 0.119 e. The maximum atomic E-state index is 5.67. The molecule has 2 aromatic heterocycles. The van der Waals surface area contributed by atoms with Crippen LogP contribution in [-0.2, 0) is 31.5 Å². The van der Waals surface area contributed by atoms with Crippen molar-refractivity contribution >= 4 is 29.9 Å². The van der Waals surface area contributed by atoms with E-state index in [4.69, 9.17) is 4.74 Å². The van der Waals surface area contributed by atoms with E-state index in [0.29, 0.717) is 0 Å². The Morgan fingerprint density at radius 2 is 1.36 bits per heavy atom. The van der Waals surface area contributed by atoms with E-state index in [9.17, 15) is 0 Å². The van der Waals surface area contributed by atoms with Crippen LogP contribution in [0.1, 0.15) is 48.3 Å². The second kappa shape index (κ2) is 9.74. The van der Waals surface area contributed by atoms with Gasteiger partial charge in [-0.05, 0) is 70.0 Å². The molecule has 222 valence electrons. The minimum absolute atomic E-state index is 0.101. The van der Waals surface area contributed by atoms with Crippen molar-refractivity contribution < 1.29 is 4.74 Å². The van der Waals surface area contributed by atoms with Gasteiger partial charge in [0.2, 0.25) is 0 Å². The van der Waals surface area contributed by atoms with E-state index in [0.717, 1.165) is 24.8 Å². The average Bonchev–Trinajstić information content (AvgIpc) is 3.74. The molecule has 3 nitrogen and oxygen atoms in total. The van der Waals surface area contributed by atoms with Gasteiger partial charge in [0.25, 0.3) is 0 Å². The molecule has 4 aromatic carbocycles. The number of aromatic nitrogens is 2. The molecule has 0 amide bonds. The molecule has 6 aromatic rings. The Kier molecular flexibility index (Phi) is 6.09. The lowest BCUT2D eigenvalue weighted by atomic mass is 9.81. The van der Waals surface area contributed by atoms with Crippen molar-refractivity contribution in [2.24, 2.45) is 7.05 Å². The summed E-state index contributed by atoms with van der Waals surface area (Å²) in [4.78, 5) is 0. The quantitative estimate of drug-likeness (QED) is 0.168. The molecule has 0 unspecified atom stereocenters. The summed E-state index contributed by atoms with van der Waals surface area (Å²) in [5, 5.41) is 2.75. The third-order valence-electron chi connectivity index (χ3n) is 10.8. The van der Waals surface area contributed by atoms with Crippen molar-refractivity contribution in [1.29, 1.82) is 0 Å². The Labute approximate surface area is 262 Å². The summed E-state index contributed by atoms with van der Waals surface area (Å²) < 4.78 is 10.8. The molecule has 0 bridgehead atoms. The molecule has 2 aliphatic carbocycles. The fraction of sp³-hybridized carbons (Fsp3) is 0.300. The van der Waals surface area contributed by atoms with Gasteiger partial charge in [0.1, 0.15) is 5.75 Å². The van der Waals surface area contributed by atoms with E-state index in [1.54, 1.807) is 7.11 Å². The number of rotatable bonds is 7. The van der Waals surface area contributed by atoms with E-state index in [1.807, 2.05) is 0 Å². The summed E-state index contributed by atoms with van der Waals surface area (Å²) in [6.07, 6.45) is 4.38. The zero-order valence-corrected chi connectivity index (χ0v) is 27.9. The third kappa shape index (κ3) is 4.14. The van der Waals surface area contributed by atoms with E-state index in [2.05, 4.69) is 128 Å². The number of fused-ring (bicyclic) bond motifs is 10. The zero-order chi connectivity index (χ0) is 30.4. The molecular formula is C40H42N2OSi. The van der Waals surface area contributed by atoms with Gasteiger partial charge in [-0.25, -0.2) is 0 Å². The van der Waals surface area contributed by atoms with Gasteiger partial charge in [-0.2, -0.15) is 0 Å². The molecular weight excluding hydrogens is 553 g/mol. The predicted molar refractivity (Wildman–Crippen MR) is 188 cm³/mol. The molecule has 0 saturated heterocycles. The topological polar surface area (TPSA) is 19.1 Å². The minimum atomic E-state index is -1.62. The standard InChI is InChI=1S/C40H42N2OSi/c1-40(2,28-15-17-34-32(23-28)38-30-13-9-7-11-26(30)21-36(38)41(34)3)19-20-44(5,6)25-42-35-18-16-29(43-4)24-33(35)39-31-14-10-8-12-27(31)22-37(39)42/h7-18,23-24H,19-22,25H2,1-6H3. The van der Waals surface area contributed by atoms with Crippen LogP contribution in [0.4, 0.5) is 0 Å². The number of benzene rings is 4. The van der Waals surface area contributed by atoms with Gasteiger partial charge in [0, 0.05) is 70.4 Å². The third-order valence-corrected chi connectivity index (χ3v) is 13.6. The highest BCUT2D eigenvalue weighted by Gasteiger charge is 2.33. The number of hydrogen-bond acceptors (Lipinski definition) is 1. The molecule has 0 atom stereocenters. The van der Waals surface area contributed by atoms with Gasteiger partial charge in [-0.3, -0.25) is 0 Å². The fourth-order valence-corrected chi connectivity index (χ4v) is 10.8. The fourth-order valence-electron chi connectivity index (χ4n) is 8.10. The van der Waals surface area contributed by atoms with Crippen LogP contribution < -0.4 is 4.74 Å². The van der Waals surface area contributed by atoms with Gasteiger partial charge in [-0.1, -0.05) is 87.6 Å². The summed E-state index contributed by atoms with van der Waals surface area (Å²) in [6, 6.07) is 33.2. The molecule has 0 radical (unpaired) electrons. The largest absolute Gasteiger partial charge is 0.497 e. The van der Waals surface area contributed by atoms with Crippen molar-refractivity contribution in [3.05, 3.63) is 113 Å². The number of hydrogen-bond donors (Lipinski definition) is 0. The molecule has 0 spiro atoms. The van der Waals surface area contributed by atoms with Gasteiger partial charge in [-0.15, -0.1) is 0 Å². The van der Waals surface area contributed by atoms with E-state index in [1.165, 1.54) is 84.6 Å². The van der Waals surface area contributed by atoms with Crippen molar-refractivity contribution in [1.82, 2.24) is 9.13 Å². The highest BCUT2D eigenvalue weighted by molar-refractivity contribution is 6.76. The number of ether oxygens (including phenoxy) is 1. The number of methoxy groups -OCH3 is 1. The van der Waals surface area contributed by atoms with Gasteiger partial charge >= 0.3 is 0 Å². The van der Waals surface area contributed by atoms with E-state index >= 15 is 0 Å². The molecule has 0 fully saturated rings. The van der Waals surface area contributed by atoms with Gasteiger partial charge in [0.05, 0.1) is 15.2 Å². The second-order valence-corrected chi connectivity index (χ2v) is 19.8. The van der Waals surface area contributed by atoms with Crippen molar-refractivity contribution in [3.63, 3.8) is 0 Å². The monoisotopic (exact) mass is 594 g/mol. The first-order valence-electron chi connectivity index (χ1n) is 16.1. The minimum Gasteiger partial charge on any atom is -0.497 e. The normalized spacial score (nSPS) is 13.8. The van der Waals surface area contributed by atoms with Gasteiger partial charge in [0.15, 0.2) is 0 Å². The molecule has 8 rings (SSSR count). The summed E-state index contributed by atoms with van der Waals surface area (Å²) in [6.45, 7) is 10.1. The van der Waals surface area contributed by atoms with Crippen LogP contribution in [0.25, 0.3) is 44.1 Å².